The Hall–Kier alpha value is -1.25. The Morgan fingerprint density at radius 2 is 1.88 bits per heavy atom. The third-order valence-electron chi connectivity index (χ3n) is 4.50. The van der Waals surface area contributed by atoms with E-state index < -0.39 is 32.4 Å². The van der Waals surface area contributed by atoms with Crippen molar-refractivity contribution in [2.45, 2.75) is 58.0 Å². The molecule has 140 valence electrons. The summed E-state index contributed by atoms with van der Waals surface area (Å²) in [7, 11) is -2.34. The van der Waals surface area contributed by atoms with Gasteiger partial charge in [-0.05, 0) is 59.2 Å². The summed E-state index contributed by atoms with van der Waals surface area (Å²) in [5.74, 6) is -0.859. The van der Waals surface area contributed by atoms with Crippen molar-refractivity contribution in [3.05, 3.63) is 34.1 Å². The molecule has 5 nitrogen and oxygen atoms in total. The van der Waals surface area contributed by atoms with Crippen molar-refractivity contribution in [1.82, 2.24) is 5.32 Å². The second-order valence-corrected chi connectivity index (χ2v) is 13.1. The minimum absolute atomic E-state index is 0.155. The topological polar surface area (TPSA) is 75.6 Å². The van der Waals surface area contributed by atoms with E-state index in [2.05, 4.69) is 21.2 Å². The van der Waals surface area contributed by atoms with Crippen molar-refractivity contribution in [2.24, 2.45) is 0 Å². The molecular weight excluding hydrogens is 409 g/mol. The molecule has 0 fully saturated rings. The maximum absolute atomic E-state index is 13.4. The lowest BCUT2D eigenvalue weighted by atomic mass is 10.0. The van der Waals surface area contributed by atoms with Crippen LogP contribution in [0.3, 0.4) is 0 Å². The van der Waals surface area contributed by atoms with E-state index in [4.69, 9.17) is 9.53 Å². The Morgan fingerprint density at radius 1 is 1.32 bits per heavy atom. The lowest BCUT2D eigenvalue weighted by Crippen LogP contribution is -2.53. The maximum atomic E-state index is 13.4. The van der Waals surface area contributed by atoms with Gasteiger partial charge in [0.25, 0.3) is 0 Å². The van der Waals surface area contributed by atoms with Crippen LogP contribution >= 0.6 is 15.9 Å². The minimum atomic E-state index is -2.34. The number of Topliss-reactive ketones (excluding diaryl/α,β-unsaturated/α-hetero) is 1. The lowest BCUT2D eigenvalue weighted by Gasteiger charge is -2.40. The summed E-state index contributed by atoms with van der Waals surface area (Å²) in [5.41, 5.74) is 0.260. The minimum Gasteiger partial charge on any atom is -0.465 e. The zero-order valence-corrected chi connectivity index (χ0v) is 17.9. The number of carboxylic acid groups (broad SMARTS) is 1. The van der Waals surface area contributed by atoms with Crippen LogP contribution in [-0.2, 0) is 4.43 Å². The second-order valence-electron chi connectivity index (χ2n) is 7.53. The predicted molar refractivity (Wildman–Crippen MR) is 101 cm³/mol. The fourth-order valence-corrected chi connectivity index (χ4v) is 3.64. The molecule has 0 bridgehead atoms. The number of carbonyl (C=O) groups is 2. The highest BCUT2D eigenvalue weighted by atomic mass is 79.9. The first kappa shape index (κ1) is 21.8. The average Bonchev–Trinajstić information content (AvgIpc) is 2.45. The van der Waals surface area contributed by atoms with Crippen molar-refractivity contribution in [3.63, 3.8) is 0 Å². The Morgan fingerprint density at radius 3 is 2.32 bits per heavy atom. The molecule has 1 rings (SSSR count). The molecule has 0 heterocycles. The summed E-state index contributed by atoms with van der Waals surface area (Å²) in [4.78, 5) is 24.0. The van der Waals surface area contributed by atoms with Crippen molar-refractivity contribution >= 4 is 36.1 Å². The largest absolute Gasteiger partial charge is 0.465 e. The third kappa shape index (κ3) is 5.62. The molecule has 0 aliphatic heterocycles. The quantitative estimate of drug-likeness (QED) is 0.497. The van der Waals surface area contributed by atoms with Crippen molar-refractivity contribution in [3.8, 4) is 0 Å². The van der Waals surface area contributed by atoms with Crippen LogP contribution in [0.15, 0.2) is 22.7 Å². The van der Waals surface area contributed by atoms with Crippen LogP contribution in [0, 0.1) is 5.82 Å². The van der Waals surface area contributed by atoms with Gasteiger partial charge in [-0.25, -0.2) is 9.18 Å². The zero-order chi connectivity index (χ0) is 19.6. The molecule has 2 atom stereocenters. The first-order valence-corrected chi connectivity index (χ1v) is 11.6. The van der Waals surface area contributed by atoms with E-state index in [1.165, 1.54) is 18.2 Å². The van der Waals surface area contributed by atoms with Crippen molar-refractivity contribution in [1.29, 1.82) is 0 Å². The average molecular weight is 434 g/mol. The van der Waals surface area contributed by atoms with Crippen LogP contribution in [0.25, 0.3) is 0 Å². The molecule has 0 aromatic heterocycles. The maximum Gasteiger partial charge on any atom is 0.404 e. The first-order valence-electron chi connectivity index (χ1n) is 7.93. The molecule has 0 saturated carbocycles. The van der Waals surface area contributed by atoms with Gasteiger partial charge in [-0.15, -0.1) is 0 Å². The zero-order valence-electron chi connectivity index (χ0n) is 15.3. The molecule has 0 saturated heterocycles. The molecule has 2 unspecified atom stereocenters. The number of halogens is 2. The summed E-state index contributed by atoms with van der Waals surface area (Å²) in [5, 5.41) is 11.1. The number of rotatable bonds is 6. The lowest BCUT2D eigenvalue weighted by molar-refractivity contribution is 0.0700. The summed E-state index contributed by atoms with van der Waals surface area (Å²) >= 11 is 3.06. The van der Waals surface area contributed by atoms with Crippen LogP contribution in [-0.4, -0.2) is 37.4 Å². The predicted octanol–water partition coefficient (Wildman–Crippen LogP) is 4.82. The Balaban J connectivity index is 3.23. The number of ketones is 1. The smallest absolute Gasteiger partial charge is 0.404 e. The van der Waals surface area contributed by atoms with Gasteiger partial charge in [0.15, 0.2) is 14.1 Å². The van der Waals surface area contributed by atoms with Crippen LogP contribution < -0.4 is 5.32 Å². The van der Waals surface area contributed by atoms with E-state index >= 15 is 0 Å². The summed E-state index contributed by atoms with van der Waals surface area (Å²) in [6.45, 7) is 11.7. The van der Waals surface area contributed by atoms with Gasteiger partial charge in [-0.2, -0.15) is 0 Å². The Bertz CT molecular complexity index is 661. The van der Waals surface area contributed by atoms with Gasteiger partial charge in [-0.1, -0.05) is 20.8 Å². The summed E-state index contributed by atoms with van der Waals surface area (Å²) in [6, 6.07) is 3.20. The molecule has 0 spiro atoms. The van der Waals surface area contributed by atoms with Crippen LogP contribution in [0.4, 0.5) is 9.18 Å². The van der Waals surface area contributed by atoms with Crippen LogP contribution in [0.5, 0.6) is 0 Å². The first-order chi connectivity index (χ1) is 11.3. The fourth-order valence-electron chi connectivity index (χ4n) is 1.96. The van der Waals surface area contributed by atoms with Gasteiger partial charge in [0.05, 0.1) is 10.5 Å². The number of amides is 1. The van der Waals surface area contributed by atoms with Crippen molar-refractivity contribution in [2.75, 3.05) is 0 Å². The fraction of sp³-hybridized carbons (Fsp3) is 0.529. The highest BCUT2D eigenvalue weighted by Crippen LogP contribution is 2.38. The van der Waals surface area contributed by atoms with E-state index in [0.29, 0.717) is 0 Å². The normalized spacial score (nSPS) is 14.7. The molecule has 1 aromatic rings. The Labute approximate surface area is 157 Å². The van der Waals surface area contributed by atoms with E-state index in [1.807, 2.05) is 33.9 Å². The highest BCUT2D eigenvalue weighted by molar-refractivity contribution is 9.10. The molecular formula is C17H25BrFNO4Si. The monoisotopic (exact) mass is 433 g/mol. The van der Waals surface area contributed by atoms with Gasteiger partial charge < -0.3 is 14.8 Å². The van der Waals surface area contributed by atoms with Gasteiger partial charge in [0, 0.05) is 5.56 Å². The number of benzene rings is 1. The molecule has 1 aromatic carbocycles. The summed E-state index contributed by atoms with van der Waals surface area (Å²) in [6.07, 6.45) is -2.22. The van der Waals surface area contributed by atoms with E-state index in [1.54, 1.807) is 6.92 Å². The van der Waals surface area contributed by atoms with Crippen molar-refractivity contribution < 1.29 is 23.5 Å². The summed E-state index contributed by atoms with van der Waals surface area (Å²) < 4.78 is 19.8. The van der Waals surface area contributed by atoms with Gasteiger partial charge in [0.2, 0.25) is 0 Å². The van der Waals surface area contributed by atoms with E-state index in [9.17, 15) is 14.0 Å². The number of nitrogens with one attached hydrogen (secondary N) is 1. The van der Waals surface area contributed by atoms with E-state index in [-0.39, 0.29) is 20.9 Å². The number of hydrogen-bond donors (Lipinski definition) is 2. The standard InChI is InChI=1S/C17H25BrFNO4Si/c1-10(20-16(22)23)15(24-25(5,6)17(2,3)4)14(21)11-7-8-13(19)12(18)9-11/h7-10,15,20H,1-6H3,(H,22,23). The number of hydrogen-bond acceptors (Lipinski definition) is 3. The van der Waals surface area contributed by atoms with Crippen LogP contribution in [0.2, 0.25) is 18.1 Å². The molecule has 0 aliphatic rings. The molecule has 0 aliphatic carbocycles. The van der Waals surface area contributed by atoms with Gasteiger partial charge in [0.1, 0.15) is 11.9 Å². The van der Waals surface area contributed by atoms with Gasteiger partial charge in [-0.3, -0.25) is 4.79 Å². The second kappa shape index (κ2) is 7.97. The molecule has 1 amide bonds. The molecule has 8 heteroatoms. The van der Waals surface area contributed by atoms with Gasteiger partial charge >= 0.3 is 6.09 Å². The molecule has 0 radical (unpaired) electrons. The van der Waals surface area contributed by atoms with E-state index in [0.717, 1.165) is 0 Å². The third-order valence-corrected chi connectivity index (χ3v) is 9.56. The molecule has 25 heavy (non-hydrogen) atoms. The molecule has 2 N–H and O–H groups in total. The van der Waals surface area contributed by atoms with Crippen LogP contribution in [0.1, 0.15) is 38.1 Å². The number of carbonyl (C=O) groups excluding carboxylic acids is 1. The highest BCUT2D eigenvalue weighted by Gasteiger charge is 2.42. The Kier molecular flexibility index (Phi) is 6.94. The SMILES string of the molecule is CC(NC(=O)O)C(O[Si](C)(C)C(C)(C)C)C(=O)c1ccc(F)c(Br)c1.